The second-order valence-electron chi connectivity index (χ2n) is 6.99. The maximum atomic E-state index is 12.4. The molecule has 1 aromatic heterocycles. The maximum Gasteiger partial charge on any atom is 0.235 e. The van der Waals surface area contributed by atoms with Gasteiger partial charge in [0.1, 0.15) is 5.82 Å². The highest BCUT2D eigenvalue weighted by Crippen LogP contribution is 2.47. The predicted molar refractivity (Wildman–Crippen MR) is 108 cm³/mol. The molecule has 1 aromatic carbocycles. The van der Waals surface area contributed by atoms with Crippen molar-refractivity contribution in [1.29, 1.82) is 0 Å². The summed E-state index contributed by atoms with van der Waals surface area (Å²) < 4.78 is 2.06. The van der Waals surface area contributed by atoms with E-state index in [-0.39, 0.29) is 11.2 Å². The molecule has 2 aliphatic rings. The van der Waals surface area contributed by atoms with Gasteiger partial charge < -0.3 is 5.32 Å². The molecule has 7 heteroatoms. The molecule has 1 aliphatic heterocycles. The van der Waals surface area contributed by atoms with Crippen molar-refractivity contribution >= 4 is 46.7 Å². The lowest BCUT2D eigenvalue weighted by molar-refractivity contribution is -0.113. The molecule has 4 rings (SSSR count). The van der Waals surface area contributed by atoms with Gasteiger partial charge in [-0.25, -0.2) is 4.68 Å². The first-order chi connectivity index (χ1) is 12.5. The van der Waals surface area contributed by atoms with Crippen LogP contribution in [-0.4, -0.2) is 21.4 Å². The Kier molecular flexibility index (Phi) is 5.22. The number of aryl methyl sites for hydroxylation is 1. The van der Waals surface area contributed by atoms with Crippen LogP contribution in [0.3, 0.4) is 0 Å². The van der Waals surface area contributed by atoms with E-state index >= 15 is 0 Å². The number of halogens is 2. The third-order valence-electron chi connectivity index (χ3n) is 5.20. The first kappa shape index (κ1) is 18.2. The van der Waals surface area contributed by atoms with Crippen LogP contribution in [0.5, 0.6) is 0 Å². The van der Waals surface area contributed by atoms with Crippen LogP contribution < -0.4 is 5.32 Å². The Bertz CT molecular complexity index is 846. The zero-order valence-electron chi connectivity index (χ0n) is 14.6. The van der Waals surface area contributed by atoms with E-state index in [2.05, 4.69) is 10.00 Å². The number of fused-ring (bicyclic) bond motifs is 1. The highest BCUT2D eigenvalue weighted by molar-refractivity contribution is 8.00. The minimum Gasteiger partial charge on any atom is -0.310 e. The van der Waals surface area contributed by atoms with Gasteiger partial charge in [0.2, 0.25) is 5.91 Å². The summed E-state index contributed by atoms with van der Waals surface area (Å²) in [6.45, 7) is 2.02. The Balaban J connectivity index is 1.82. The Morgan fingerprint density at radius 2 is 2.00 bits per heavy atom. The summed E-state index contributed by atoms with van der Waals surface area (Å²) >= 11 is 14.2. The van der Waals surface area contributed by atoms with Gasteiger partial charge in [0, 0.05) is 15.6 Å². The summed E-state index contributed by atoms with van der Waals surface area (Å²) in [5.41, 5.74) is 3.00. The average molecular weight is 410 g/mol. The first-order valence-electron chi connectivity index (χ1n) is 9.00. The number of amides is 1. The molecule has 0 radical (unpaired) electrons. The van der Waals surface area contributed by atoms with Crippen molar-refractivity contribution in [2.24, 2.45) is 0 Å². The number of anilines is 1. The van der Waals surface area contributed by atoms with E-state index in [1.165, 1.54) is 19.3 Å². The molecule has 1 N–H and O–H groups in total. The van der Waals surface area contributed by atoms with Gasteiger partial charge in [-0.1, -0.05) is 48.5 Å². The molecule has 1 fully saturated rings. The topological polar surface area (TPSA) is 46.9 Å². The molecule has 0 spiro atoms. The van der Waals surface area contributed by atoms with Crippen molar-refractivity contribution in [1.82, 2.24) is 9.78 Å². The summed E-state index contributed by atoms with van der Waals surface area (Å²) in [6, 6.07) is 5.93. The van der Waals surface area contributed by atoms with Crippen molar-refractivity contribution in [3.8, 4) is 0 Å². The van der Waals surface area contributed by atoms with Crippen molar-refractivity contribution in [3.05, 3.63) is 45.1 Å². The fourth-order valence-corrected chi connectivity index (χ4v) is 5.76. The summed E-state index contributed by atoms with van der Waals surface area (Å²) in [7, 11) is 0. The number of carbonyl (C=O) groups is 1. The van der Waals surface area contributed by atoms with Crippen LogP contribution >= 0.6 is 35.0 Å². The lowest BCUT2D eigenvalue weighted by Gasteiger charge is -2.24. The molecule has 1 saturated carbocycles. The number of nitrogens with zero attached hydrogens (tertiary/aromatic N) is 2. The second-order valence-corrected chi connectivity index (χ2v) is 8.93. The lowest BCUT2D eigenvalue weighted by atomic mass is 9.95. The van der Waals surface area contributed by atoms with Gasteiger partial charge in [0.05, 0.1) is 22.7 Å². The number of carbonyl (C=O) groups excluding carboxylic acids is 1. The van der Waals surface area contributed by atoms with E-state index in [9.17, 15) is 4.79 Å². The fraction of sp³-hybridized carbons (Fsp3) is 0.474. The summed E-state index contributed by atoms with van der Waals surface area (Å²) in [5, 5.41) is 9.15. The number of thioether (sulfide) groups is 1. The third-order valence-corrected chi connectivity index (χ3v) is 7.01. The SMILES string of the molecule is Cc1nn(C2CCCCC2)c2c1[C@H](c1ccc(Cl)cc1Cl)SCC(=O)N2. The molecule has 2 aromatic rings. The van der Waals surface area contributed by atoms with Crippen molar-refractivity contribution < 1.29 is 4.79 Å². The summed E-state index contributed by atoms with van der Waals surface area (Å²) in [5.74, 6) is 1.25. The van der Waals surface area contributed by atoms with E-state index in [1.54, 1.807) is 17.8 Å². The van der Waals surface area contributed by atoms with Crippen LogP contribution in [0, 0.1) is 6.92 Å². The van der Waals surface area contributed by atoms with Crippen molar-refractivity contribution in [2.45, 2.75) is 50.3 Å². The molecule has 1 amide bonds. The standard InChI is InChI=1S/C19H21Cl2N3OS/c1-11-17-18(14-8-7-12(20)9-15(14)21)26-10-16(25)22-19(17)24(23-11)13-5-3-2-4-6-13/h7-9,13,18H,2-6,10H2,1H3,(H,22,25)/t18-/m0/s1. The minimum absolute atomic E-state index is 0.0146. The molecule has 4 nitrogen and oxygen atoms in total. The molecule has 0 bridgehead atoms. The van der Waals surface area contributed by atoms with Crippen LogP contribution in [0.15, 0.2) is 18.2 Å². The van der Waals surface area contributed by atoms with Crippen LogP contribution in [0.4, 0.5) is 5.82 Å². The number of hydrogen-bond acceptors (Lipinski definition) is 3. The van der Waals surface area contributed by atoms with E-state index in [4.69, 9.17) is 28.3 Å². The Morgan fingerprint density at radius 3 is 2.73 bits per heavy atom. The molecule has 0 unspecified atom stereocenters. The van der Waals surface area contributed by atoms with Crippen molar-refractivity contribution in [3.63, 3.8) is 0 Å². The third kappa shape index (κ3) is 3.37. The van der Waals surface area contributed by atoms with Gasteiger partial charge in [0.15, 0.2) is 0 Å². The molecule has 2 heterocycles. The summed E-state index contributed by atoms with van der Waals surface area (Å²) in [4.78, 5) is 12.4. The van der Waals surface area contributed by atoms with Crippen LogP contribution in [-0.2, 0) is 4.79 Å². The molecule has 0 saturated heterocycles. The van der Waals surface area contributed by atoms with E-state index in [0.717, 1.165) is 35.5 Å². The van der Waals surface area contributed by atoms with Gasteiger partial charge in [0.25, 0.3) is 0 Å². The molecule has 138 valence electrons. The van der Waals surface area contributed by atoms with E-state index in [1.807, 2.05) is 19.1 Å². The predicted octanol–water partition coefficient (Wildman–Crippen LogP) is 5.78. The summed E-state index contributed by atoms with van der Waals surface area (Å²) in [6.07, 6.45) is 5.94. The number of benzene rings is 1. The Hall–Kier alpha value is -1.17. The van der Waals surface area contributed by atoms with Gasteiger partial charge >= 0.3 is 0 Å². The van der Waals surface area contributed by atoms with Gasteiger partial charge in [-0.3, -0.25) is 4.79 Å². The number of aromatic nitrogens is 2. The monoisotopic (exact) mass is 409 g/mol. The highest BCUT2D eigenvalue weighted by Gasteiger charge is 2.33. The zero-order valence-corrected chi connectivity index (χ0v) is 16.9. The largest absolute Gasteiger partial charge is 0.310 e. The first-order valence-corrected chi connectivity index (χ1v) is 10.8. The Labute approximate surface area is 167 Å². The quantitative estimate of drug-likeness (QED) is 0.683. The Morgan fingerprint density at radius 1 is 1.23 bits per heavy atom. The normalized spacial score (nSPS) is 21.2. The molecular weight excluding hydrogens is 389 g/mol. The van der Waals surface area contributed by atoms with E-state index < -0.39 is 0 Å². The molecular formula is C19H21Cl2N3OS. The molecule has 1 aliphatic carbocycles. The van der Waals surface area contributed by atoms with Crippen LogP contribution in [0.1, 0.15) is 60.2 Å². The maximum absolute atomic E-state index is 12.4. The number of rotatable bonds is 2. The van der Waals surface area contributed by atoms with Gasteiger partial charge in [-0.15, -0.1) is 11.8 Å². The van der Waals surface area contributed by atoms with Crippen LogP contribution in [0.25, 0.3) is 0 Å². The highest BCUT2D eigenvalue weighted by atomic mass is 35.5. The zero-order chi connectivity index (χ0) is 18.3. The minimum atomic E-state index is -0.0361. The van der Waals surface area contributed by atoms with Crippen molar-refractivity contribution in [2.75, 3.05) is 11.1 Å². The number of hydrogen-bond donors (Lipinski definition) is 1. The second kappa shape index (κ2) is 7.45. The molecule has 1 atom stereocenters. The fourth-order valence-electron chi connectivity index (χ4n) is 3.96. The average Bonchev–Trinajstić information content (AvgIpc) is 2.83. The van der Waals surface area contributed by atoms with Gasteiger partial charge in [-0.05, 0) is 37.5 Å². The van der Waals surface area contributed by atoms with E-state index in [0.29, 0.717) is 21.8 Å². The lowest BCUT2D eigenvalue weighted by Crippen LogP contribution is -2.20. The molecule has 26 heavy (non-hydrogen) atoms. The number of nitrogens with one attached hydrogen (secondary N) is 1. The van der Waals surface area contributed by atoms with Crippen LogP contribution in [0.2, 0.25) is 10.0 Å². The van der Waals surface area contributed by atoms with Gasteiger partial charge in [-0.2, -0.15) is 5.10 Å². The smallest absolute Gasteiger partial charge is 0.235 e.